The predicted octanol–water partition coefficient (Wildman–Crippen LogP) is 4.13. The van der Waals surface area contributed by atoms with Gasteiger partial charge in [-0.15, -0.1) is 0 Å². The summed E-state index contributed by atoms with van der Waals surface area (Å²) < 4.78 is 28.3. The van der Waals surface area contributed by atoms with E-state index in [0.717, 1.165) is 9.87 Å². The Kier molecular flexibility index (Phi) is 9.50. The molecule has 0 saturated carbocycles. The second-order valence-corrected chi connectivity index (χ2v) is 10.5. The average Bonchev–Trinajstić information content (AvgIpc) is 2.88. The molecule has 0 fully saturated rings. The lowest BCUT2D eigenvalue weighted by atomic mass is 10.1. The molecule has 36 heavy (non-hydrogen) atoms. The maximum absolute atomic E-state index is 13.6. The van der Waals surface area contributed by atoms with E-state index in [1.54, 1.807) is 44.2 Å². The van der Waals surface area contributed by atoms with Crippen molar-refractivity contribution in [3.63, 3.8) is 0 Å². The summed E-state index contributed by atoms with van der Waals surface area (Å²) in [5, 5.41) is 3.15. The number of anilines is 1. The van der Waals surface area contributed by atoms with Gasteiger partial charge in [0.2, 0.25) is 11.8 Å². The van der Waals surface area contributed by atoms with E-state index in [0.29, 0.717) is 23.7 Å². The first-order chi connectivity index (χ1) is 17.2. The highest BCUT2D eigenvalue weighted by atomic mass is 35.5. The first-order valence-corrected chi connectivity index (χ1v) is 13.5. The van der Waals surface area contributed by atoms with Gasteiger partial charge in [-0.25, -0.2) is 8.42 Å². The predicted molar refractivity (Wildman–Crippen MR) is 142 cm³/mol. The molecule has 0 aliphatic heterocycles. The highest BCUT2D eigenvalue weighted by Crippen LogP contribution is 2.25. The number of carbonyl (C=O) groups is 2. The molecule has 0 aromatic heterocycles. The number of carbonyl (C=O) groups excluding carboxylic acids is 2. The lowest BCUT2D eigenvalue weighted by molar-refractivity contribution is -0.138. The van der Waals surface area contributed by atoms with E-state index in [4.69, 9.17) is 11.6 Å². The highest BCUT2D eigenvalue weighted by Gasteiger charge is 2.32. The number of hydrogen-bond acceptors (Lipinski definition) is 4. The molecule has 190 valence electrons. The Morgan fingerprint density at radius 3 is 2.08 bits per heavy atom. The van der Waals surface area contributed by atoms with Crippen LogP contribution >= 0.6 is 11.6 Å². The summed E-state index contributed by atoms with van der Waals surface area (Å²) in [6.07, 6.45) is 0.519. The molecule has 0 spiro atoms. The van der Waals surface area contributed by atoms with Gasteiger partial charge in [0.15, 0.2) is 0 Å². The van der Waals surface area contributed by atoms with Gasteiger partial charge < -0.3 is 10.2 Å². The Morgan fingerprint density at radius 2 is 1.50 bits per heavy atom. The third-order valence-electron chi connectivity index (χ3n) is 5.73. The van der Waals surface area contributed by atoms with E-state index < -0.39 is 28.5 Å². The lowest BCUT2D eigenvalue weighted by Crippen LogP contribution is -2.52. The summed E-state index contributed by atoms with van der Waals surface area (Å²) in [6.45, 7) is 3.66. The molecule has 2 amide bonds. The van der Waals surface area contributed by atoms with Crippen LogP contribution in [0.25, 0.3) is 0 Å². The van der Waals surface area contributed by atoms with E-state index in [1.807, 2.05) is 30.3 Å². The van der Waals surface area contributed by atoms with Crippen LogP contribution in [0, 0.1) is 0 Å². The van der Waals surface area contributed by atoms with Gasteiger partial charge in [-0.3, -0.25) is 13.9 Å². The minimum atomic E-state index is -4.10. The third kappa shape index (κ3) is 6.86. The summed E-state index contributed by atoms with van der Waals surface area (Å²) in [4.78, 5) is 27.8. The van der Waals surface area contributed by atoms with Gasteiger partial charge in [-0.2, -0.15) is 0 Å². The van der Waals surface area contributed by atoms with Crippen molar-refractivity contribution in [3.8, 4) is 0 Å². The Morgan fingerprint density at radius 1 is 0.917 bits per heavy atom. The maximum Gasteiger partial charge on any atom is 0.264 e. The van der Waals surface area contributed by atoms with Crippen molar-refractivity contribution in [2.45, 2.75) is 31.2 Å². The maximum atomic E-state index is 13.6. The molecule has 9 heteroatoms. The van der Waals surface area contributed by atoms with Crippen LogP contribution < -0.4 is 9.62 Å². The minimum Gasteiger partial charge on any atom is -0.355 e. The highest BCUT2D eigenvalue weighted by molar-refractivity contribution is 7.92. The number of sulfonamides is 1. The fourth-order valence-electron chi connectivity index (χ4n) is 3.75. The van der Waals surface area contributed by atoms with E-state index in [2.05, 4.69) is 5.32 Å². The SMILES string of the molecule is CCNC(=O)[C@H](C)N(CCc1ccccc1)C(=O)CN(c1ccccc1)S(=O)(=O)c1ccc(Cl)cc1. The smallest absolute Gasteiger partial charge is 0.264 e. The number of para-hydroxylation sites is 1. The molecule has 0 heterocycles. The van der Waals surface area contributed by atoms with Crippen LogP contribution in [0.1, 0.15) is 19.4 Å². The summed E-state index contributed by atoms with van der Waals surface area (Å²) in [7, 11) is -4.10. The van der Waals surface area contributed by atoms with Gasteiger partial charge in [0.05, 0.1) is 10.6 Å². The van der Waals surface area contributed by atoms with Crippen molar-refractivity contribution in [1.82, 2.24) is 10.2 Å². The van der Waals surface area contributed by atoms with Crippen molar-refractivity contribution >= 4 is 39.1 Å². The summed E-state index contributed by atoms with van der Waals surface area (Å²) in [5.41, 5.74) is 1.35. The van der Waals surface area contributed by atoms with Gasteiger partial charge in [0.1, 0.15) is 12.6 Å². The van der Waals surface area contributed by atoms with Crippen LogP contribution in [-0.2, 0) is 26.0 Å². The van der Waals surface area contributed by atoms with Gasteiger partial charge in [0.25, 0.3) is 10.0 Å². The van der Waals surface area contributed by atoms with E-state index in [-0.39, 0.29) is 17.3 Å². The van der Waals surface area contributed by atoms with Crippen molar-refractivity contribution in [1.29, 1.82) is 0 Å². The first kappa shape index (κ1) is 27.2. The van der Waals surface area contributed by atoms with Crippen LogP contribution in [0.4, 0.5) is 5.69 Å². The van der Waals surface area contributed by atoms with Crippen LogP contribution in [0.3, 0.4) is 0 Å². The van der Waals surface area contributed by atoms with Gasteiger partial charge in [-0.1, -0.05) is 60.1 Å². The second-order valence-electron chi connectivity index (χ2n) is 8.19. The summed E-state index contributed by atoms with van der Waals surface area (Å²) in [5.74, 6) is -0.781. The molecule has 1 N–H and O–H groups in total. The topological polar surface area (TPSA) is 86.8 Å². The van der Waals surface area contributed by atoms with Gasteiger partial charge >= 0.3 is 0 Å². The molecule has 0 radical (unpaired) electrons. The van der Waals surface area contributed by atoms with Crippen LogP contribution in [0.15, 0.2) is 89.8 Å². The van der Waals surface area contributed by atoms with Crippen LogP contribution in [0.2, 0.25) is 5.02 Å². The van der Waals surface area contributed by atoms with Gasteiger partial charge in [-0.05, 0) is 62.2 Å². The van der Waals surface area contributed by atoms with E-state index in [1.165, 1.54) is 29.2 Å². The number of nitrogens with one attached hydrogen (secondary N) is 1. The third-order valence-corrected chi connectivity index (χ3v) is 7.77. The van der Waals surface area contributed by atoms with Crippen molar-refractivity contribution in [3.05, 3.63) is 95.5 Å². The zero-order valence-electron chi connectivity index (χ0n) is 20.3. The zero-order chi connectivity index (χ0) is 26.1. The molecule has 0 bridgehead atoms. The number of likely N-dealkylation sites (N-methyl/N-ethyl adjacent to an activating group) is 1. The molecule has 0 aliphatic carbocycles. The first-order valence-electron chi connectivity index (χ1n) is 11.7. The number of nitrogens with zero attached hydrogens (tertiary/aromatic N) is 2. The molecule has 3 aromatic carbocycles. The lowest BCUT2D eigenvalue weighted by Gasteiger charge is -2.32. The van der Waals surface area contributed by atoms with Crippen LogP contribution in [-0.4, -0.2) is 50.8 Å². The molecular formula is C27H30ClN3O4S. The van der Waals surface area contributed by atoms with E-state index >= 15 is 0 Å². The molecule has 1 atom stereocenters. The second kappa shape index (κ2) is 12.6. The van der Waals surface area contributed by atoms with Crippen molar-refractivity contribution in [2.75, 3.05) is 23.9 Å². The molecule has 0 saturated heterocycles. The van der Waals surface area contributed by atoms with E-state index in [9.17, 15) is 18.0 Å². The quantitative estimate of drug-likeness (QED) is 0.406. The largest absolute Gasteiger partial charge is 0.355 e. The fraction of sp³-hybridized carbons (Fsp3) is 0.259. The summed E-state index contributed by atoms with van der Waals surface area (Å²) >= 11 is 5.95. The molecule has 3 rings (SSSR count). The average molecular weight is 528 g/mol. The van der Waals surface area contributed by atoms with Crippen molar-refractivity contribution < 1.29 is 18.0 Å². The number of halogens is 1. The standard InChI is InChI=1S/C27H30ClN3O4S/c1-3-29-27(33)21(2)30(19-18-22-10-6-4-7-11-22)26(32)20-31(24-12-8-5-9-13-24)36(34,35)25-16-14-23(28)15-17-25/h4-17,21H,3,18-20H2,1-2H3,(H,29,33)/t21-/m0/s1. The molecular weight excluding hydrogens is 498 g/mol. The Labute approximate surface area is 217 Å². The summed E-state index contributed by atoms with van der Waals surface area (Å²) in [6, 6.07) is 23.0. The monoisotopic (exact) mass is 527 g/mol. The molecule has 3 aromatic rings. The number of benzene rings is 3. The fourth-order valence-corrected chi connectivity index (χ4v) is 5.29. The molecule has 0 aliphatic rings. The Bertz CT molecular complexity index is 1250. The molecule has 7 nitrogen and oxygen atoms in total. The Balaban J connectivity index is 1.94. The zero-order valence-corrected chi connectivity index (χ0v) is 21.9. The number of hydrogen-bond donors (Lipinski definition) is 1. The Hall–Kier alpha value is -3.36. The number of rotatable bonds is 11. The normalized spacial score (nSPS) is 12.0. The van der Waals surface area contributed by atoms with Crippen molar-refractivity contribution in [2.24, 2.45) is 0 Å². The van der Waals surface area contributed by atoms with Crippen LogP contribution in [0.5, 0.6) is 0 Å². The molecule has 0 unspecified atom stereocenters. The number of amides is 2. The van der Waals surface area contributed by atoms with Gasteiger partial charge in [0, 0.05) is 18.1 Å². The minimum absolute atomic E-state index is 0.0103.